The van der Waals surface area contributed by atoms with Crippen molar-refractivity contribution >= 4 is 11.6 Å². The van der Waals surface area contributed by atoms with Gasteiger partial charge >= 0.3 is 0 Å². The lowest BCUT2D eigenvalue weighted by atomic mass is 10.1. The molecule has 0 spiro atoms. The number of aryl methyl sites for hydroxylation is 1. The van der Waals surface area contributed by atoms with Crippen LogP contribution in [0.15, 0.2) is 42.5 Å². The summed E-state index contributed by atoms with van der Waals surface area (Å²) >= 11 is 0. The molecule has 0 aromatic heterocycles. The molecule has 3 N–H and O–H groups in total. The summed E-state index contributed by atoms with van der Waals surface area (Å²) in [7, 11) is 1.62. The van der Waals surface area contributed by atoms with E-state index in [2.05, 4.69) is 5.32 Å². The summed E-state index contributed by atoms with van der Waals surface area (Å²) in [5.41, 5.74) is 8.95. The van der Waals surface area contributed by atoms with Gasteiger partial charge < -0.3 is 15.8 Å². The second-order valence-corrected chi connectivity index (χ2v) is 4.61. The number of amides is 1. The summed E-state index contributed by atoms with van der Waals surface area (Å²) in [5, 5.41) is 2.86. The van der Waals surface area contributed by atoms with Gasteiger partial charge in [-0.3, -0.25) is 4.79 Å². The van der Waals surface area contributed by atoms with Crippen molar-refractivity contribution in [1.29, 1.82) is 0 Å². The van der Waals surface area contributed by atoms with Crippen molar-refractivity contribution < 1.29 is 9.53 Å². The Morgan fingerprint density at radius 1 is 1.25 bits per heavy atom. The molecule has 0 bridgehead atoms. The van der Waals surface area contributed by atoms with E-state index in [0.29, 0.717) is 17.8 Å². The maximum atomic E-state index is 12.0. The zero-order chi connectivity index (χ0) is 14.5. The number of carbonyl (C=O) groups excluding carboxylic acids is 1. The number of carbonyl (C=O) groups is 1. The number of ether oxygens (including phenoxy) is 1. The van der Waals surface area contributed by atoms with Gasteiger partial charge in [-0.25, -0.2) is 0 Å². The molecule has 20 heavy (non-hydrogen) atoms. The Morgan fingerprint density at radius 3 is 2.75 bits per heavy atom. The fourth-order valence-corrected chi connectivity index (χ4v) is 1.85. The third-order valence-corrected chi connectivity index (χ3v) is 3.13. The van der Waals surface area contributed by atoms with Crippen LogP contribution in [-0.4, -0.2) is 13.0 Å². The number of benzene rings is 2. The minimum absolute atomic E-state index is 0.139. The topological polar surface area (TPSA) is 64.3 Å². The normalized spacial score (nSPS) is 10.1. The van der Waals surface area contributed by atoms with Crippen molar-refractivity contribution in [1.82, 2.24) is 5.32 Å². The highest BCUT2D eigenvalue weighted by Gasteiger charge is 2.06. The minimum atomic E-state index is -0.139. The maximum Gasteiger partial charge on any atom is 0.251 e. The maximum absolute atomic E-state index is 12.0. The Balaban J connectivity index is 2.02. The lowest BCUT2D eigenvalue weighted by Gasteiger charge is -2.08. The van der Waals surface area contributed by atoms with E-state index in [-0.39, 0.29) is 5.91 Å². The highest BCUT2D eigenvalue weighted by Crippen LogP contribution is 2.14. The van der Waals surface area contributed by atoms with Crippen molar-refractivity contribution in [2.24, 2.45) is 0 Å². The van der Waals surface area contributed by atoms with Gasteiger partial charge in [-0.05, 0) is 42.3 Å². The van der Waals surface area contributed by atoms with E-state index in [1.54, 1.807) is 19.2 Å². The van der Waals surface area contributed by atoms with Crippen LogP contribution >= 0.6 is 0 Å². The summed E-state index contributed by atoms with van der Waals surface area (Å²) in [6, 6.07) is 12.9. The van der Waals surface area contributed by atoms with Crippen LogP contribution in [0.1, 0.15) is 21.5 Å². The summed E-state index contributed by atoms with van der Waals surface area (Å²) < 4.78 is 5.15. The second kappa shape index (κ2) is 6.10. The molecule has 0 aliphatic rings. The number of nitrogen functional groups attached to an aromatic ring is 1. The third-order valence-electron chi connectivity index (χ3n) is 3.13. The Hall–Kier alpha value is -2.49. The molecular weight excluding hydrogens is 252 g/mol. The van der Waals surface area contributed by atoms with E-state index in [9.17, 15) is 4.79 Å². The fourth-order valence-electron chi connectivity index (χ4n) is 1.85. The molecule has 0 aliphatic heterocycles. The Labute approximate surface area is 118 Å². The molecule has 0 atom stereocenters. The van der Waals surface area contributed by atoms with Gasteiger partial charge in [0.05, 0.1) is 7.11 Å². The van der Waals surface area contributed by atoms with Gasteiger partial charge in [0.15, 0.2) is 0 Å². The van der Waals surface area contributed by atoms with Gasteiger partial charge in [0.2, 0.25) is 0 Å². The summed E-state index contributed by atoms with van der Waals surface area (Å²) in [6.45, 7) is 2.36. The number of methoxy groups -OCH3 is 1. The van der Waals surface area contributed by atoms with E-state index in [0.717, 1.165) is 16.9 Å². The molecule has 2 rings (SSSR count). The van der Waals surface area contributed by atoms with Crippen LogP contribution in [0.25, 0.3) is 0 Å². The van der Waals surface area contributed by atoms with Crippen LogP contribution in [0.4, 0.5) is 5.69 Å². The predicted molar refractivity (Wildman–Crippen MR) is 79.8 cm³/mol. The number of nitrogens with one attached hydrogen (secondary N) is 1. The summed E-state index contributed by atoms with van der Waals surface area (Å²) in [6.07, 6.45) is 0. The van der Waals surface area contributed by atoms with Gasteiger partial charge in [-0.2, -0.15) is 0 Å². The average Bonchev–Trinajstić information content (AvgIpc) is 2.47. The van der Waals surface area contributed by atoms with Gasteiger partial charge in [-0.15, -0.1) is 0 Å². The quantitative estimate of drug-likeness (QED) is 0.839. The molecule has 0 saturated carbocycles. The standard InChI is InChI=1S/C16H18N2O2/c1-11-6-7-13(9-15(11)17)16(19)18-10-12-4-3-5-14(8-12)20-2/h3-9H,10,17H2,1-2H3,(H,18,19). The largest absolute Gasteiger partial charge is 0.497 e. The number of nitrogens with two attached hydrogens (primary N) is 1. The Kier molecular flexibility index (Phi) is 4.25. The first-order valence-corrected chi connectivity index (χ1v) is 6.37. The summed E-state index contributed by atoms with van der Waals surface area (Å²) in [4.78, 5) is 12.0. The summed E-state index contributed by atoms with van der Waals surface area (Å²) in [5.74, 6) is 0.635. The highest BCUT2D eigenvalue weighted by atomic mass is 16.5. The van der Waals surface area contributed by atoms with Crippen molar-refractivity contribution in [2.45, 2.75) is 13.5 Å². The van der Waals surface area contributed by atoms with E-state index in [4.69, 9.17) is 10.5 Å². The van der Waals surface area contributed by atoms with Crippen molar-refractivity contribution in [2.75, 3.05) is 12.8 Å². The zero-order valence-electron chi connectivity index (χ0n) is 11.6. The molecule has 2 aromatic carbocycles. The van der Waals surface area contributed by atoms with Gasteiger partial charge in [0, 0.05) is 17.8 Å². The lowest BCUT2D eigenvalue weighted by molar-refractivity contribution is 0.0951. The molecule has 0 radical (unpaired) electrons. The molecule has 1 amide bonds. The molecule has 2 aromatic rings. The smallest absolute Gasteiger partial charge is 0.251 e. The zero-order valence-corrected chi connectivity index (χ0v) is 11.6. The minimum Gasteiger partial charge on any atom is -0.497 e. The van der Waals surface area contributed by atoms with Crippen LogP contribution in [0, 0.1) is 6.92 Å². The molecule has 0 unspecified atom stereocenters. The number of rotatable bonds is 4. The van der Waals surface area contributed by atoms with Gasteiger partial charge in [-0.1, -0.05) is 18.2 Å². The first-order valence-electron chi connectivity index (χ1n) is 6.37. The van der Waals surface area contributed by atoms with Crippen molar-refractivity contribution in [3.05, 3.63) is 59.2 Å². The van der Waals surface area contributed by atoms with E-state index < -0.39 is 0 Å². The third kappa shape index (κ3) is 3.29. The van der Waals surface area contributed by atoms with Crippen molar-refractivity contribution in [3.8, 4) is 5.75 Å². The molecule has 0 heterocycles. The molecule has 0 aliphatic carbocycles. The highest BCUT2D eigenvalue weighted by molar-refractivity contribution is 5.95. The fraction of sp³-hybridized carbons (Fsp3) is 0.188. The second-order valence-electron chi connectivity index (χ2n) is 4.61. The van der Waals surface area contributed by atoms with E-state index in [1.165, 1.54) is 0 Å². The SMILES string of the molecule is COc1cccc(CNC(=O)c2ccc(C)c(N)c2)c1. The first-order chi connectivity index (χ1) is 9.60. The van der Waals surface area contributed by atoms with E-state index in [1.807, 2.05) is 37.3 Å². The van der Waals surface area contributed by atoms with Crippen LogP contribution in [0.3, 0.4) is 0 Å². The monoisotopic (exact) mass is 270 g/mol. The Morgan fingerprint density at radius 2 is 2.05 bits per heavy atom. The average molecular weight is 270 g/mol. The van der Waals surface area contributed by atoms with E-state index >= 15 is 0 Å². The van der Waals surface area contributed by atoms with Crippen molar-refractivity contribution in [3.63, 3.8) is 0 Å². The molecule has 0 saturated heterocycles. The predicted octanol–water partition coefficient (Wildman–Crippen LogP) is 2.52. The van der Waals surface area contributed by atoms with Crippen LogP contribution < -0.4 is 15.8 Å². The lowest BCUT2D eigenvalue weighted by Crippen LogP contribution is -2.22. The molecule has 4 nitrogen and oxygen atoms in total. The van der Waals surface area contributed by atoms with Gasteiger partial charge in [0.1, 0.15) is 5.75 Å². The first kappa shape index (κ1) is 13.9. The molecular formula is C16H18N2O2. The number of anilines is 1. The molecule has 104 valence electrons. The molecule has 4 heteroatoms. The van der Waals surface area contributed by atoms with Crippen LogP contribution in [-0.2, 0) is 6.54 Å². The number of hydrogen-bond donors (Lipinski definition) is 2. The van der Waals surface area contributed by atoms with Gasteiger partial charge in [0.25, 0.3) is 5.91 Å². The van der Waals surface area contributed by atoms with Crippen LogP contribution in [0.2, 0.25) is 0 Å². The van der Waals surface area contributed by atoms with Crippen LogP contribution in [0.5, 0.6) is 5.75 Å². The number of hydrogen-bond acceptors (Lipinski definition) is 3. The Bertz CT molecular complexity index is 624. The molecule has 0 fully saturated rings.